The molecule has 1 aliphatic heterocycles. The summed E-state index contributed by atoms with van der Waals surface area (Å²) in [5.41, 5.74) is 3.56. The molecule has 9 nitrogen and oxygen atoms in total. The zero-order valence-corrected chi connectivity index (χ0v) is 20.4. The van der Waals surface area contributed by atoms with Gasteiger partial charge < -0.3 is 15.1 Å². The summed E-state index contributed by atoms with van der Waals surface area (Å²) >= 11 is 0. The van der Waals surface area contributed by atoms with Crippen LogP contribution in [-0.2, 0) is 6.54 Å². The molecule has 9 heteroatoms. The van der Waals surface area contributed by atoms with Crippen LogP contribution in [0, 0.1) is 17.0 Å². The summed E-state index contributed by atoms with van der Waals surface area (Å²) in [5.74, 6) is 0.657. The first-order chi connectivity index (χ1) is 17.0. The van der Waals surface area contributed by atoms with Crippen LogP contribution < -0.4 is 15.1 Å². The Morgan fingerprint density at radius 2 is 1.83 bits per heavy atom. The van der Waals surface area contributed by atoms with Gasteiger partial charge in [0.1, 0.15) is 6.33 Å². The van der Waals surface area contributed by atoms with Gasteiger partial charge in [0, 0.05) is 58.0 Å². The number of hydrogen-bond acceptors (Lipinski definition) is 8. The molecule has 4 rings (SSSR count). The third kappa shape index (κ3) is 6.24. The Morgan fingerprint density at radius 3 is 2.51 bits per heavy atom. The zero-order chi connectivity index (χ0) is 24.6. The second-order valence-electron chi connectivity index (χ2n) is 8.75. The summed E-state index contributed by atoms with van der Waals surface area (Å²) in [4.78, 5) is 26.8. The molecule has 0 bridgehead atoms. The van der Waals surface area contributed by atoms with E-state index in [2.05, 4.69) is 69.3 Å². The number of rotatable bonds is 10. The highest BCUT2D eigenvalue weighted by Crippen LogP contribution is 2.32. The second-order valence-corrected chi connectivity index (χ2v) is 8.75. The Kier molecular flexibility index (Phi) is 8.10. The Labute approximate surface area is 206 Å². The van der Waals surface area contributed by atoms with E-state index in [1.807, 2.05) is 29.2 Å². The van der Waals surface area contributed by atoms with Crippen molar-refractivity contribution in [1.82, 2.24) is 14.9 Å². The zero-order valence-electron chi connectivity index (χ0n) is 20.4. The van der Waals surface area contributed by atoms with Crippen molar-refractivity contribution < 1.29 is 4.92 Å². The lowest BCUT2D eigenvalue weighted by Crippen LogP contribution is -2.46. The van der Waals surface area contributed by atoms with Crippen molar-refractivity contribution in [2.24, 2.45) is 0 Å². The van der Waals surface area contributed by atoms with Gasteiger partial charge in [-0.3, -0.25) is 15.0 Å². The molecule has 184 valence electrons. The van der Waals surface area contributed by atoms with Gasteiger partial charge in [0.05, 0.1) is 4.92 Å². The van der Waals surface area contributed by atoms with Gasteiger partial charge in [0.2, 0.25) is 11.6 Å². The molecule has 0 saturated carbocycles. The highest BCUT2D eigenvalue weighted by molar-refractivity contribution is 5.70. The highest BCUT2D eigenvalue weighted by Gasteiger charge is 2.29. The van der Waals surface area contributed by atoms with Crippen molar-refractivity contribution in [2.45, 2.75) is 20.4 Å². The number of aryl methyl sites for hydroxylation is 1. The number of benzene rings is 2. The highest BCUT2D eigenvalue weighted by atomic mass is 16.6. The molecule has 1 N–H and O–H groups in total. The number of anilines is 3. The standard InChI is InChI=1S/C26H33N7O2/c1-3-31(23-11-7-8-21(2)18-23)13-12-27-25-24(33(34)35)26(29-20-28-25)32-16-14-30(15-17-32)19-22-9-5-4-6-10-22/h4-11,18,20H,3,12-17,19H2,1-2H3,(H,27,28,29). The van der Waals surface area contributed by atoms with E-state index < -0.39 is 0 Å². The van der Waals surface area contributed by atoms with Crippen LogP contribution in [0.4, 0.5) is 23.0 Å². The summed E-state index contributed by atoms with van der Waals surface area (Å²) in [7, 11) is 0. The summed E-state index contributed by atoms with van der Waals surface area (Å²) in [5, 5.41) is 15.2. The van der Waals surface area contributed by atoms with Crippen LogP contribution >= 0.6 is 0 Å². The van der Waals surface area contributed by atoms with E-state index in [1.54, 1.807) is 0 Å². The Hall–Kier alpha value is -3.72. The minimum absolute atomic E-state index is 0.0531. The molecule has 0 unspecified atom stereocenters. The number of hydrogen-bond donors (Lipinski definition) is 1. The number of nitrogens with one attached hydrogen (secondary N) is 1. The summed E-state index contributed by atoms with van der Waals surface area (Å²) in [6.45, 7) is 10.1. The third-order valence-electron chi connectivity index (χ3n) is 6.33. The van der Waals surface area contributed by atoms with Crippen LogP contribution in [0.1, 0.15) is 18.1 Å². The minimum atomic E-state index is -0.369. The van der Waals surface area contributed by atoms with Gasteiger partial charge >= 0.3 is 5.69 Å². The number of nitrogens with zero attached hydrogens (tertiary/aromatic N) is 6. The van der Waals surface area contributed by atoms with Crippen LogP contribution in [0.25, 0.3) is 0 Å². The molecule has 1 saturated heterocycles. The smallest absolute Gasteiger partial charge is 0.353 e. The van der Waals surface area contributed by atoms with Crippen molar-refractivity contribution in [3.8, 4) is 0 Å². The molecule has 0 spiro atoms. The monoisotopic (exact) mass is 475 g/mol. The van der Waals surface area contributed by atoms with E-state index >= 15 is 0 Å². The SMILES string of the molecule is CCN(CCNc1ncnc(N2CCN(Cc3ccccc3)CC2)c1[N+](=O)[O-])c1cccc(C)c1. The summed E-state index contributed by atoms with van der Waals surface area (Å²) in [6, 6.07) is 18.7. The van der Waals surface area contributed by atoms with Crippen LogP contribution in [0.3, 0.4) is 0 Å². The van der Waals surface area contributed by atoms with Crippen molar-refractivity contribution in [2.75, 3.05) is 60.9 Å². The summed E-state index contributed by atoms with van der Waals surface area (Å²) < 4.78 is 0. The quantitative estimate of drug-likeness (QED) is 0.348. The number of nitro groups is 1. The normalized spacial score (nSPS) is 14.1. The van der Waals surface area contributed by atoms with Gasteiger partial charge in [-0.1, -0.05) is 42.5 Å². The van der Waals surface area contributed by atoms with E-state index in [1.165, 1.54) is 17.5 Å². The van der Waals surface area contributed by atoms with Gasteiger partial charge in [-0.25, -0.2) is 9.97 Å². The average Bonchev–Trinajstić information content (AvgIpc) is 2.87. The fourth-order valence-corrected chi connectivity index (χ4v) is 4.46. The first-order valence-corrected chi connectivity index (χ1v) is 12.1. The number of piperazine rings is 1. The maximum Gasteiger partial charge on any atom is 0.353 e. The minimum Gasteiger partial charge on any atom is -0.370 e. The van der Waals surface area contributed by atoms with Crippen molar-refractivity contribution in [3.05, 3.63) is 82.2 Å². The van der Waals surface area contributed by atoms with Crippen molar-refractivity contribution in [3.63, 3.8) is 0 Å². The first-order valence-electron chi connectivity index (χ1n) is 12.1. The van der Waals surface area contributed by atoms with Crippen LogP contribution in [0.2, 0.25) is 0 Å². The predicted molar refractivity (Wildman–Crippen MR) is 140 cm³/mol. The molecular formula is C26H33N7O2. The molecule has 3 aromatic rings. The van der Waals surface area contributed by atoms with E-state index in [0.29, 0.717) is 32.0 Å². The molecule has 35 heavy (non-hydrogen) atoms. The van der Waals surface area contributed by atoms with E-state index in [-0.39, 0.29) is 16.4 Å². The molecule has 2 aromatic carbocycles. The molecule has 0 radical (unpaired) electrons. The lowest BCUT2D eigenvalue weighted by molar-refractivity contribution is -0.383. The van der Waals surface area contributed by atoms with Gasteiger partial charge in [-0.2, -0.15) is 0 Å². The van der Waals surface area contributed by atoms with E-state index in [9.17, 15) is 10.1 Å². The maximum absolute atomic E-state index is 12.0. The molecule has 2 heterocycles. The largest absolute Gasteiger partial charge is 0.370 e. The van der Waals surface area contributed by atoms with Gasteiger partial charge in [0.15, 0.2) is 0 Å². The van der Waals surface area contributed by atoms with E-state index in [4.69, 9.17) is 0 Å². The number of aromatic nitrogens is 2. The Balaban J connectivity index is 1.40. The molecule has 1 aromatic heterocycles. The molecule has 0 aliphatic carbocycles. The van der Waals surface area contributed by atoms with Crippen molar-refractivity contribution in [1.29, 1.82) is 0 Å². The van der Waals surface area contributed by atoms with Crippen LogP contribution in [-0.4, -0.2) is 65.6 Å². The number of likely N-dealkylation sites (N-methyl/N-ethyl adjacent to an activating group) is 1. The molecule has 1 aliphatic rings. The second kappa shape index (κ2) is 11.6. The lowest BCUT2D eigenvalue weighted by Gasteiger charge is -2.35. The fourth-order valence-electron chi connectivity index (χ4n) is 4.46. The Bertz CT molecular complexity index is 1120. The van der Waals surface area contributed by atoms with Crippen molar-refractivity contribution >= 4 is 23.0 Å². The predicted octanol–water partition coefficient (Wildman–Crippen LogP) is 3.95. The van der Waals surface area contributed by atoms with Gasteiger partial charge in [-0.05, 0) is 37.1 Å². The fraction of sp³-hybridized carbons (Fsp3) is 0.385. The molecular weight excluding hydrogens is 442 g/mol. The average molecular weight is 476 g/mol. The summed E-state index contributed by atoms with van der Waals surface area (Å²) in [6.07, 6.45) is 1.42. The lowest BCUT2D eigenvalue weighted by atomic mass is 10.2. The molecule has 0 atom stereocenters. The van der Waals surface area contributed by atoms with Crippen LogP contribution in [0.5, 0.6) is 0 Å². The topological polar surface area (TPSA) is 90.7 Å². The van der Waals surface area contributed by atoms with Gasteiger partial charge in [0.25, 0.3) is 0 Å². The van der Waals surface area contributed by atoms with Crippen LogP contribution in [0.15, 0.2) is 60.9 Å². The Morgan fingerprint density at radius 1 is 1.06 bits per heavy atom. The maximum atomic E-state index is 12.0. The molecule has 1 fully saturated rings. The van der Waals surface area contributed by atoms with E-state index in [0.717, 1.165) is 31.9 Å². The van der Waals surface area contributed by atoms with Gasteiger partial charge in [-0.15, -0.1) is 0 Å². The third-order valence-corrected chi connectivity index (χ3v) is 6.33. The first kappa shape index (κ1) is 24.4. The molecule has 0 amide bonds.